The molecule has 2 aromatic heterocycles. The van der Waals surface area contributed by atoms with Gasteiger partial charge in [-0.15, -0.1) is 0 Å². The average molecular weight is 334 g/mol. The van der Waals surface area contributed by atoms with Gasteiger partial charge in [-0.1, -0.05) is 0 Å². The van der Waals surface area contributed by atoms with Crippen LogP contribution >= 0.6 is 0 Å². The zero-order valence-corrected chi connectivity index (χ0v) is 14.3. The number of sulfonamides is 1. The van der Waals surface area contributed by atoms with Gasteiger partial charge in [0.25, 0.3) is 10.0 Å². The summed E-state index contributed by atoms with van der Waals surface area (Å²) in [7, 11) is -1.71. The van der Waals surface area contributed by atoms with E-state index in [2.05, 4.69) is 16.0 Å². The van der Waals surface area contributed by atoms with Gasteiger partial charge < -0.3 is 4.57 Å². The lowest BCUT2D eigenvalue weighted by molar-refractivity contribution is 0.369. The fourth-order valence-corrected chi connectivity index (χ4v) is 4.84. The van der Waals surface area contributed by atoms with E-state index < -0.39 is 10.0 Å². The molecule has 0 amide bonds. The summed E-state index contributed by atoms with van der Waals surface area (Å²) in [5.74, 6) is 0. The van der Waals surface area contributed by atoms with Gasteiger partial charge in [0.1, 0.15) is 0 Å². The second-order valence-corrected chi connectivity index (χ2v) is 7.97. The first-order valence-corrected chi connectivity index (χ1v) is 9.32. The van der Waals surface area contributed by atoms with Crippen molar-refractivity contribution in [3.05, 3.63) is 42.1 Å². The second-order valence-electron chi connectivity index (χ2n) is 6.13. The SMILES string of the molecule is Cc1cc(CCC2CCCN2S(=O)(=O)c2cn(C)cn2)ccn1. The Bertz CT molecular complexity index is 785. The van der Waals surface area contributed by atoms with Crippen molar-refractivity contribution in [3.8, 4) is 0 Å². The molecule has 1 aliphatic heterocycles. The molecule has 124 valence electrons. The molecule has 0 aromatic carbocycles. The Kier molecular flexibility index (Phi) is 4.50. The summed E-state index contributed by atoms with van der Waals surface area (Å²) in [5.41, 5.74) is 2.20. The van der Waals surface area contributed by atoms with Gasteiger partial charge in [-0.2, -0.15) is 4.31 Å². The molecule has 6 nitrogen and oxygen atoms in total. The standard InChI is InChI=1S/C16H22N4O2S/c1-13-10-14(7-8-17-13)5-6-15-4-3-9-20(15)23(21,22)16-11-19(2)12-18-16/h7-8,10-12,15H,3-6,9H2,1-2H3. The van der Waals surface area contributed by atoms with Crippen LogP contribution in [0.2, 0.25) is 0 Å². The molecule has 23 heavy (non-hydrogen) atoms. The average Bonchev–Trinajstić information content (AvgIpc) is 3.14. The van der Waals surface area contributed by atoms with Crippen LogP contribution in [0.3, 0.4) is 0 Å². The largest absolute Gasteiger partial charge is 0.339 e. The van der Waals surface area contributed by atoms with Crippen LogP contribution in [0.1, 0.15) is 30.5 Å². The third-order valence-corrected chi connectivity index (χ3v) is 6.14. The van der Waals surface area contributed by atoms with Crippen molar-refractivity contribution in [2.24, 2.45) is 7.05 Å². The zero-order chi connectivity index (χ0) is 16.4. The fraction of sp³-hybridized carbons (Fsp3) is 0.500. The number of hydrogen-bond acceptors (Lipinski definition) is 4. The lowest BCUT2D eigenvalue weighted by Crippen LogP contribution is -2.36. The van der Waals surface area contributed by atoms with E-state index in [0.717, 1.165) is 31.4 Å². The third kappa shape index (κ3) is 3.45. The molecule has 1 fully saturated rings. The molecule has 2 aromatic rings. The Morgan fingerprint density at radius 1 is 1.35 bits per heavy atom. The molecule has 0 saturated carbocycles. The van der Waals surface area contributed by atoms with Crippen LogP contribution in [-0.4, -0.2) is 39.8 Å². The van der Waals surface area contributed by atoms with Gasteiger partial charge in [0.15, 0.2) is 5.03 Å². The summed E-state index contributed by atoms with van der Waals surface area (Å²) in [5, 5.41) is 0.145. The molecule has 1 atom stereocenters. The Balaban J connectivity index is 1.73. The first-order valence-electron chi connectivity index (χ1n) is 7.88. The minimum Gasteiger partial charge on any atom is -0.339 e. The molecule has 3 heterocycles. The van der Waals surface area contributed by atoms with Crippen LogP contribution < -0.4 is 0 Å². The highest BCUT2D eigenvalue weighted by atomic mass is 32.2. The number of rotatable bonds is 5. The van der Waals surface area contributed by atoms with Gasteiger partial charge in [-0.25, -0.2) is 13.4 Å². The van der Waals surface area contributed by atoms with E-state index in [1.54, 1.807) is 22.1 Å². The van der Waals surface area contributed by atoms with Crippen molar-refractivity contribution in [2.45, 2.75) is 43.7 Å². The Hall–Kier alpha value is -1.73. The van der Waals surface area contributed by atoms with E-state index in [1.807, 2.05) is 19.2 Å². The molecule has 0 spiro atoms. The molecule has 0 N–H and O–H groups in total. The Morgan fingerprint density at radius 2 is 2.17 bits per heavy atom. The van der Waals surface area contributed by atoms with Gasteiger partial charge in [0.2, 0.25) is 0 Å². The van der Waals surface area contributed by atoms with Crippen LogP contribution in [0, 0.1) is 6.92 Å². The lowest BCUT2D eigenvalue weighted by atomic mass is 10.0. The van der Waals surface area contributed by atoms with Crippen molar-refractivity contribution >= 4 is 10.0 Å². The molecule has 0 aliphatic carbocycles. The van der Waals surface area contributed by atoms with Crippen molar-refractivity contribution in [1.29, 1.82) is 0 Å². The summed E-state index contributed by atoms with van der Waals surface area (Å²) >= 11 is 0. The Labute approximate surface area is 137 Å². The highest BCUT2D eigenvalue weighted by Crippen LogP contribution is 2.28. The molecule has 1 aliphatic rings. The number of aromatic nitrogens is 3. The number of hydrogen-bond donors (Lipinski definition) is 0. The maximum atomic E-state index is 12.8. The van der Waals surface area contributed by atoms with E-state index in [0.29, 0.717) is 6.54 Å². The van der Waals surface area contributed by atoms with Crippen LogP contribution in [0.4, 0.5) is 0 Å². The fourth-order valence-electron chi connectivity index (χ4n) is 3.15. The Morgan fingerprint density at radius 3 is 2.87 bits per heavy atom. The molecular formula is C16H22N4O2S. The van der Waals surface area contributed by atoms with E-state index in [4.69, 9.17) is 0 Å². The van der Waals surface area contributed by atoms with Crippen molar-refractivity contribution in [2.75, 3.05) is 6.54 Å². The molecular weight excluding hydrogens is 312 g/mol. The number of imidazole rings is 1. The van der Waals surface area contributed by atoms with Crippen LogP contribution in [0.15, 0.2) is 35.9 Å². The van der Waals surface area contributed by atoms with Gasteiger partial charge in [-0.05, 0) is 50.3 Å². The summed E-state index contributed by atoms with van der Waals surface area (Å²) in [4.78, 5) is 8.22. The number of pyridine rings is 1. The molecule has 0 bridgehead atoms. The topological polar surface area (TPSA) is 68.1 Å². The van der Waals surface area contributed by atoms with Crippen LogP contribution in [0.25, 0.3) is 0 Å². The second kappa shape index (κ2) is 6.41. The van der Waals surface area contributed by atoms with Crippen molar-refractivity contribution in [1.82, 2.24) is 18.8 Å². The maximum Gasteiger partial charge on any atom is 0.262 e. The molecule has 1 unspecified atom stereocenters. The normalized spacial score (nSPS) is 19.3. The van der Waals surface area contributed by atoms with E-state index in [1.165, 1.54) is 11.9 Å². The monoisotopic (exact) mass is 334 g/mol. The quantitative estimate of drug-likeness (QED) is 0.837. The first kappa shape index (κ1) is 16.1. The van der Waals surface area contributed by atoms with Gasteiger partial charge in [0.05, 0.1) is 6.33 Å². The highest BCUT2D eigenvalue weighted by Gasteiger charge is 2.36. The van der Waals surface area contributed by atoms with Crippen LogP contribution in [0.5, 0.6) is 0 Å². The summed E-state index contributed by atoms with van der Waals surface area (Å²) in [6.45, 7) is 2.55. The maximum absolute atomic E-state index is 12.8. The predicted molar refractivity (Wildman–Crippen MR) is 87.4 cm³/mol. The zero-order valence-electron chi connectivity index (χ0n) is 13.5. The summed E-state index contributed by atoms with van der Waals surface area (Å²) < 4.78 is 28.8. The highest BCUT2D eigenvalue weighted by molar-refractivity contribution is 7.89. The van der Waals surface area contributed by atoms with Gasteiger partial charge >= 0.3 is 0 Å². The smallest absolute Gasteiger partial charge is 0.262 e. The molecule has 3 rings (SSSR count). The van der Waals surface area contributed by atoms with E-state index in [-0.39, 0.29) is 11.1 Å². The van der Waals surface area contributed by atoms with Gasteiger partial charge in [-0.3, -0.25) is 4.98 Å². The predicted octanol–water partition coefficient (Wildman–Crippen LogP) is 1.91. The molecule has 0 radical (unpaired) electrons. The van der Waals surface area contributed by atoms with Gasteiger partial charge in [0, 0.05) is 37.7 Å². The van der Waals surface area contributed by atoms with E-state index in [9.17, 15) is 8.42 Å². The minimum absolute atomic E-state index is 0.0514. The van der Waals surface area contributed by atoms with Crippen molar-refractivity contribution in [3.63, 3.8) is 0 Å². The van der Waals surface area contributed by atoms with Crippen LogP contribution in [-0.2, 0) is 23.5 Å². The minimum atomic E-state index is -3.49. The van der Waals surface area contributed by atoms with Crippen molar-refractivity contribution < 1.29 is 8.42 Å². The summed E-state index contributed by atoms with van der Waals surface area (Å²) in [6, 6.07) is 4.11. The number of aryl methyl sites for hydroxylation is 3. The molecule has 7 heteroatoms. The number of nitrogens with zero attached hydrogens (tertiary/aromatic N) is 4. The lowest BCUT2D eigenvalue weighted by Gasteiger charge is -2.23. The summed E-state index contributed by atoms with van der Waals surface area (Å²) in [6.07, 6.45) is 8.41. The van der Waals surface area contributed by atoms with E-state index >= 15 is 0 Å². The first-order chi connectivity index (χ1) is 11.0. The third-order valence-electron chi connectivity index (χ3n) is 4.30. The molecule has 1 saturated heterocycles.